The molecule has 0 aliphatic heterocycles. The molecular formula is C56H37NO. The van der Waals surface area contributed by atoms with E-state index in [1.165, 1.54) is 43.8 Å². The first-order valence-electron chi connectivity index (χ1n) is 19.8. The molecule has 58 heavy (non-hydrogen) atoms. The van der Waals surface area contributed by atoms with E-state index in [1.807, 2.05) is 6.07 Å². The zero-order valence-electron chi connectivity index (χ0n) is 31.7. The normalized spacial score (nSPS) is 11.4. The highest BCUT2D eigenvalue weighted by Crippen LogP contribution is 2.46. The van der Waals surface area contributed by atoms with Gasteiger partial charge in [-0.3, -0.25) is 0 Å². The average Bonchev–Trinajstić information content (AvgIpc) is 3.69. The van der Waals surface area contributed by atoms with Crippen molar-refractivity contribution in [2.45, 2.75) is 0 Å². The highest BCUT2D eigenvalue weighted by Gasteiger charge is 2.20. The fourth-order valence-corrected chi connectivity index (χ4v) is 8.74. The van der Waals surface area contributed by atoms with Crippen LogP contribution >= 0.6 is 0 Å². The number of anilines is 3. The zero-order valence-corrected chi connectivity index (χ0v) is 31.7. The molecule has 11 aromatic rings. The fourth-order valence-electron chi connectivity index (χ4n) is 8.74. The summed E-state index contributed by atoms with van der Waals surface area (Å²) < 4.78 is 6.59. The van der Waals surface area contributed by atoms with Crippen LogP contribution in [0, 0.1) is 0 Å². The van der Waals surface area contributed by atoms with Crippen LogP contribution in [0.2, 0.25) is 0 Å². The maximum absolute atomic E-state index is 6.59. The van der Waals surface area contributed by atoms with Crippen LogP contribution in [0.1, 0.15) is 0 Å². The fraction of sp³-hybridized carbons (Fsp3) is 0. The summed E-state index contributed by atoms with van der Waals surface area (Å²) in [5.74, 6) is 0. The molecule has 0 bridgehead atoms. The van der Waals surface area contributed by atoms with Crippen LogP contribution in [0.3, 0.4) is 0 Å². The van der Waals surface area contributed by atoms with Crippen molar-refractivity contribution in [2.75, 3.05) is 4.90 Å². The van der Waals surface area contributed by atoms with Gasteiger partial charge in [0, 0.05) is 32.8 Å². The topological polar surface area (TPSA) is 16.4 Å². The second kappa shape index (κ2) is 14.1. The number of para-hydroxylation sites is 2. The molecule has 0 atom stereocenters. The van der Waals surface area contributed by atoms with Crippen LogP contribution in [0.4, 0.5) is 17.1 Å². The molecule has 0 unspecified atom stereocenters. The van der Waals surface area contributed by atoms with E-state index in [0.29, 0.717) is 0 Å². The van der Waals surface area contributed by atoms with Crippen molar-refractivity contribution in [1.29, 1.82) is 0 Å². The van der Waals surface area contributed by atoms with Gasteiger partial charge in [0.15, 0.2) is 0 Å². The summed E-state index contributed by atoms with van der Waals surface area (Å²) >= 11 is 0. The quantitative estimate of drug-likeness (QED) is 0.162. The first-order chi connectivity index (χ1) is 28.8. The number of furan rings is 1. The molecule has 11 rings (SSSR count). The molecule has 0 aliphatic rings. The van der Waals surface area contributed by atoms with Crippen LogP contribution in [0.15, 0.2) is 229 Å². The maximum Gasteiger partial charge on any atom is 0.143 e. The SMILES string of the molecule is c1ccc(-c2ccc(-c3ccc(N(c4cccc5ccccc45)c4ccc(-c5ccccc5)c5ccccc45)cc3)cc2-c2cccc3c2oc2ccccc23)cc1. The molecular weight excluding hydrogens is 703 g/mol. The van der Waals surface area contributed by atoms with Gasteiger partial charge >= 0.3 is 0 Å². The van der Waals surface area contributed by atoms with E-state index in [9.17, 15) is 0 Å². The van der Waals surface area contributed by atoms with Gasteiger partial charge in [0.05, 0.1) is 11.4 Å². The van der Waals surface area contributed by atoms with Gasteiger partial charge in [0.1, 0.15) is 11.2 Å². The number of fused-ring (bicyclic) bond motifs is 5. The van der Waals surface area contributed by atoms with Crippen molar-refractivity contribution < 1.29 is 4.42 Å². The lowest BCUT2D eigenvalue weighted by Crippen LogP contribution is -2.11. The van der Waals surface area contributed by atoms with Crippen LogP contribution in [0.5, 0.6) is 0 Å². The lowest BCUT2D eigenvalue weighted by atomic mass is 9.90. The van der Waals surface area contributed by atoms with E-state index in [-0.39, 0.29) is 0 Å². The Morgan fingerprint density at radius 2 is 0.862 bits per heavy atom. The molecule has 1 aromatic heterocycles. The molecule has 2 heteroatoms. The molecule has 0 amide bonds. The monoisotopic (exact) mass is 739 g/mol. The maximum atomic E-state index is 6.59. The Hall–Kier alpha value is -7.68. The van der Waals surface area contributed by atoms with Crippen molar-refractivity contribution in [2.24, 2.45) is 0 Å². The van der Waals surface area contributed by atoms with E-state index < -0.39 is 0 Å². The van der Waals surface area contributed by atoms with Gasteiger partial charge in [0.2, 0.25) is 0 Å². The number of hydrogen-bond acceptors (Lipinski definition) is 2. The third-order valence-electron chi connectivity index (χ3n) is 11.5. The molecule has 10 aromatic carbocycles. The van der Waals surface area contributed by atoms with Gasteiger partial charge in [-0.25, -0.2) is 0 Å². The molecule has 0 spiro atoms. The molecule has 0 N–H and O–H groups in total. The summed E-state index contributed by atoms with van der Waals surface area (Å²) in [5.41, 5.74) is 14.4. The molecule has 1 heterocycles. The first-order valence-corrected chi connectivity index (χ1v) is 19.8. The van der Waals surface area contributed by atoms with Gasteiger partial charge < -0.3 is 9.32 Å². The number of nitrogens with zero attached hydrogens (tertiary/aromatic N) is 1. The average molecular weight is 740 g/mol. The predicted molar refractivity (Wildman–Crippen MR) is 245 cm³/mol. The molecule has 0 radical (unpaired) electrons. The van der Waals surface area contributed by atoms with Crippen LogP contribution in [0.25, 0.3) is 88.0 Å². The Balaban J connectivity index is 1.07. The number of hydrogen-bond donors (Lipinski definition) is 0. The van der Waals surface area contributed by atoms with Gasteiger partial charge in [-0.2, -0.15) is 0 Å². The van der Waals surface area contributed by atoms with Crippen molar-refractivity contribution in [3.63, 3.8) is 0 Å². The summed E-state index contributed by atoms with van der Waals surface area (Å²) in [5, 5.41) is 7.08. The molecule has 272 valence electrons. The Morgan fingerprint density at radius 3 is 1.66 bits per heavy atom. The van der Waals surface area contributed by atoms with Gasteiger partial charge in [-0.05, 0) is 86.1 Å². The molecule has 0 aliphatic carbocycles. The minimum absolute atomic E-state index is 0.899. The molecule has 0 saturated carbocycles. The van der Waals surface area contributed by atoms with Gasteiger partial charge in [-0.15, -0.1) is 0 Å². The van der Waals surface area contributed by atoms with E-state index in [0.717, 1.165) is 61.3 Å². The molecule has 0 saturated heterocycles. The number of benzene rings is 10. The van der Waals surface area contributed by atoms with Crippen molar-refractivity contribution >= 4 is 60.5 Å². The summed E-state index contributed by atoms with van der Waals surface area (Å²) in [6, 6.07) is 80.6. The van der Waals surface area contributed by atoms with Crippen LogP contribution in [-0.2, 0) is 0 Å². The van der Waals surface area contributed by atoms with Gasteiger partial charge in [-0.1, -0.05) is 188 Å². The van der Waals surface area contributed by atoms with Crippen molar-refractivity contribution in [3.05, 3.63) is 224 Å². The Kier molecular flexibility index (Phi) is 8.19. The minimum atomic E-state index is 0.899. The summed E-state index contributed by atoms with van der Waals surface area (Å²) in [6.45, 7) is 0. The third kappa shape index (κ3) is 5.74. The lowest BCUT2D eigenvalue weighted by molar-refractivity contribution is 0.670. The predicted octanol–water partition coefficient (Wildman–Crippen LogP) is 16.0. The van der Waals surface area contributed by atoms with E-state index in [4.69, 9.17) is 4.42 Å². The van der Waals surface area contributed by atoms with Crippen molar-refractivity contribution in [1.82, 2.24) is 0 Å². The minimum Gasteiger partial charge on any atom is -0.455 e. The lowest BCUT2D eigenvalue weighted by Gasteiger charge is -2.29. The summed E-state index contributed by atoms with van der Waals surface area (Å²) in [6.07, 6.45) is 0. The van der Waals surface area contributed by atoms with Crippen LogP contribution < -0.4 is 4.90 Å². The Morgan fingerprint density at radius 1 is 0.293 bits per heavy atom. The number of rotatable bonds is 7. The Bertz CT molecular complexity index is 3270. The van der Waals surface area contributed by atoms with E-state index in [1.54, 1.807) is 0 Å². The van der Waals surface area contributed by atoms with E-state index in [2.05, 4.69) is 223 Å². The largest absolute Gasteiger partial charge is 0.455 e. The zero-order chi connectivity index (χ0) is 38.4. The third-order valence-corrected chi connectivity index (χ3v) is 11.5. The smallest absolute Gasteiger partial charge is 0.143 e. The second-order valence-corrected chi connectivity index (χ2v) is 14.8. The highest BCUT2D eigenvalue weighted by molar-refractivity contribution is 6.11. The summed E-state index contributed by atoms with van der Waals surface area (Å²) in [7, 11) is 0. The van der Waals surface area contributed by atoms with Crippen molar-refractivity contribution in [3.8, 4) is 44.5 Å². The highest BCUT2D eigenvalue weighted by atomic mass is 16.3. The standard InChI is InChI=1S/C56H37NO/c1-3-15-39(16-4-1)44-35-36-54(48-23-10-9-22-47(44)48)57(53-27-13-20-41-19-7-8-21-46(41)53)43-32-29-38(30-33-43)42-31-34-45(40-17-5-2-6-18-40)52(37-42)51-26-14-25-50-49-24-11-12-28-55(49)58-56(50)51/h1-37H. The molecule has 0 fully saturated rings. The van der Waals surface area contributed by atoms with Crippen LogP contribution in [-0.4, -0.2) is 0 Å². The Labute approximate surface area is 337 Å². The van der Waals surface area contributed by atoms with E-state index >= 15 is 0 Å². The second-order valence-electron chi connectivity index (χ2n) is 14.8. The first kappa shape index (κ1) is 33.6. The molecule has 2 nitrogen and oxygen atoms in total. The summed E-state index contributed by atoms with van der Waals surface area (Å²) in [4.78, 5) is 2.43. The van der Waals surface area contributed by atoms with Gasteiger partial charge in [0.25, 0.3) is 0 Å².